The van der Waals surface area contributed by atoms with Crippen LogP contribution in [0.1, 0.15) is 75.3 Å². The largest absolute Gasteiger partial charge is 0.493 e. The number of dihydropyridines is 1. The van der Waals surface area contributed by atoms with Crippen LogP contribution in [0.15, 0.2) is 57.3 Å². The second-order valence-electron chi connectivity index (χ2n) is 10.9. The highest BCUT2D eigenvalue weighted by molar-refractivity contribution is 9.10. The summed E-state index contributed by atoms with van der Waals surface area (Å²) in [5.74, 6) is 1.27. The second kappa shape index (κ2) is 12.8. The fourth-order valence-corrected chi connectivity index (χ4v) is 7.04. The Bertz CT molecular complexity index is 1440. The van der Waals surface area contributed by atoms with Gasteiger partial charge in [-0.3, -0.25) is 4.79 Å². The van der Waals surface area contributed by atoms with Crippen molar-refractivity contribution >= 4 is 27.7 Å². The summed E-state index contributed by atoms with van der Waals surface area (Å²) in [5, 5.41) is 3.45. The van der Waals surface area contributed by atoms with E-state index in [1.165, 1.54) is 0 Å². The van der Waals surface area contributed by atoms with E-state index in [9.17, 15) is 9.59 Å². The minimum absolute atomic E-state index is 0.0166. The van der Waals surface area contributed by atoms with Gasteiger partial charge in [-0.25, -0.2) is 4.79 Å². The fourth-order valence-electron chi connectivity index (χ4n) is 6.42. The summed E-state index contributed by atoms with van der Waals surface area (Å²) in [6, 6.07) is 9.56. The van der Waals surface area contributed by atoms with Gasteiger partial charge in [0.25, 0.3) is 0 Å². The molecule has 1 aliphatic heterocycles. The number of ether oxygens (including phenoxy) is 5. The van der Waals surface area contributed by atoms with Crippen LogP contribution in [0.25, 0.3) is 0 Å². The Hall–Kier alpha value is -3.46. The van der Waals surface area contributed by atoms with Crippen LogP contribution in [-0.2, 0) is 14.3 Å². The molecule has 42 heavy (non-hydrogen) atoms. The summed E-state index contributed by atoms with van der Waals surface area (Å²) < 4.78 is 29.1. The van der Waals surface area contributed by atoms with E-state index in [4.69, 9.17) is 23.7 Å². The third kappa shape index (κ3) is 5.76. The molecule has 0 unspecified atom stereocenters. The second-order valence-corrected chi connectivity index (χ2v) is 11.8. The van der Waals surface area contributed by atoms with Crippen LogP contribution in [0.4, 0.5) is 0 Å². The maximum atomic E-state index is 14.1. The number of methoxy groups -OCH3 is 3. The summed E-state index contributed by atoms with van der Waals surface area (Å²) in [6.45, 7) is 4.22. The molecule has 2 aromatic rings. The van der Waals surface area contributed by atoms with E-state index in [-0.39, 0.29) is 23.8 Å². The maximum Gasteiger partial charge on any atom is 0.337 e. The molecule has 1 fully saturated rings. The smallest absolute Gasteiger partial charge is 0.337 e. The van der Waals surface area contributed by atoms with E-state index in [1.54, 1.807) is 21.3 Å². The van der Waals surface area contributed by atoms with Gasteiger partial charge in [0, 0.05) is 29.3 Å². The zero-order chi connectivity index (χ0) is 30.0. The summed E-state index contributed by atoms with van der Waals surface area (Å²) in [5.41, 5.74) is 4.30. The quantitative estimate of drug-likeness (QED) is 0.302. The van der Waals surface area contributed by atoms with Crippen molar-refractivity contribution in [1.29, 1.82) is 0 Å². The molecule has 2 aliphatic carbocycles. The number of allylic oxidation sites excluding steroid dienone is 3. The van der Waals surface area contributed by atoms with Crippen molar-refractivity contribution < 1.29 is 33.3 Å². The van der Waals surface area contributed by atoms with Crippen LogP contribution < -0.4 is 24.3 Å². The lowest BCUT2D eigenvalue weighted by atomic mass is 9.71. The van der Waals surface area contributed by atoms with Gasteiger partial charge in [-0.1, -0.05) is 6.07 Å². The number of carbonyl (C=O) groups is 2. The molecule has 9 heteroatoms. The van der Waals surface area contributed by atoms with Crippen LogP contribution in [0, 0.1) is 0 Å². The summed E-state index contributed by atoms with van der Waals surface area (Å²) in [6.07, 6.45) is 4.61. The number of hydrogen-bond acceptors (Lipinski definition) is 8. The Balaban J connectivity index is 1.59. The molecule has 1 N–H and O–H groups in total. The molecule has 0 amide bonds. The van der Waals surface area contributed by atoms with Gasteiger partial charge in [0.1, 0.15) is 6.10 Å². The average Bonchev–Trinajstić information content (AvgIpc) is 3.48. The zero-order valence-electron chi connectivity index (χ0n) is 24.8. The first-order chi connectivity index (χ1) is 20.3. The molecule has 8 nitrogen and oxygen atoms in total. The van der Waals surface area contributed by atoms with Crippen molar-refractivity contribution in [3.05, 3.63) is 68.5 Å². The third-order valence-corrected chi connectivity index (χ3v) is 8.96. The number of Topliss-reactive ketones (excluding diaryl/α,β-unsaturated/α-hetero) is 1. The molecule has 0 spiro atoms. The van der Waals surface area contributed by atoms with Crippen molar-refractivity contribution in [2.24, 2.45) is 0 Å². The third-order valence-electron chi connectivity index (χ3n) is 8.37. The first-order valence-corrected chi connectivity index (χ1v) is 15.3. The minimum atomic E-state index is -0.615. The van der Waals surface area contributed by atoms with Gasteiger partial charge < -0.3 is 29.0 Å². The molecule has 224 valence electrons. The van der Waals surface area contributed by atoms with E-state index >= 15 is 0 Å². The molecule has 0 saturated heterocycles. The molecule has 1 heterocycles. The van der Waals surface area contributed by atoms with Crippen LogP contribution in [0.3, 0.4) is 0 Å². The monoisotopic (exact) mass is 639 g/mol. The molecule has 2 atom stereocenters. The molecule has 1 saturated carbocycles. The number of esters is 1. The normalized spacial score (nSPS) is 20.7. The van der Waals surface area contributed by atoms with E-state index < -0.39 is 5.92 Å². The number of benzene rings is 2. The Morgan fingerprint density at radius 3 is 2.33 bits per heavy atom. The van der Waals surface area contributed by atoms with Crippen molar-refractivity contribution in [3.8, 4) is 23.0 Å². The summed E-state index contributed by atoms with van der Waals surface area (Å²) in [7, 11) is 4.79. The van der Waals surface area contributed by atoms with Gasteiger partial charge in [0.15, 0.2) is 28.8 Å². The van der Waals surface area contributed by atoms with Gasteiger partial charge in [0.2, 0.25) is 0 Å². The molecule has 0 aromatic heterocycles. The van der Waals surface area contributed by atoms with Gasteiger partial charge in [-0.2, -0.15) is 0 Å². The Labute approximate surface area is 255 Å². The van der Waals surface area contributed by atoms with Crippen LogP contribution in [0.2, 0.25) is 0 Å². The van der Waals surface area contributed by atoms with Crippen molar-refractivity contribution in [3.63, 3.8) is 0 Å². The predicted octanol–water partition coefficient (Wildman–Crippen LogP) is 6.72. The topological polar surface area (TPSA) is 92.3 Å². The van der Waals surface area contributed by atoms with E-state index in [1.807, 2.05) is 44.2 Å². The lowest BCUT2D eigenvalue weighted by molar-refractivity contribution is -0.144. The highest BCUT2D eigenvalue weighted by Crippen LogP contribution is 2.49. The summed E-state index contributed by atoms with van der Waals surface area (Å²) in [4.78, 5) is 27.9. The number of hydrogen-bond donors (Lipinski definition) is 1. The average molecular weight is 641 g/mol. The van der Waals surface area contributed by atoms with Crippen LogP contribution in [-0.4, -0.2) is 45.8 Å². The number of rotatable bonds is 9. The maximum absolute atomic E-state index is 14.1. The van der Waals surface area contributed by atoms with Gasteiger partial charge in [0.05, 0.1) is 38.0 Å². The van der Waals surface area contributed by atoms with Crippen molar-refractivity contribution in [2.45, 2.75) is 70.3 Å². The Morgan fingerprint density at radius 1 is 0.952 bits per heavy atom. The molecule has 0 radical (unpaired) electrons. The molecule has 2 aromatic carbocycles. The van der Waals surface area contributed by atoms with E-state index in [0.717, 1.165) is 42.5 Å². The minimum Gasteiger partial charge on any atom is -0.493 e. The Morgan fingerprint density at radius 2 is 1.67 bits per heavy atom. The zero-order valence-corrected chi connectivity index (χ0v) is 26.4. The molecule has 5 rings (SSSR count). The van der Waals surface area contributed by atoms with E-state index in [0.29, 0.717) is 63.8 Å². The summed E-state index contributed by atoms with van der Waals surface area (Å²) >= 11 is 3.63. The van der Waals surface area contributed by atoms with Crippen LogP contribution >= 0.6 is 15.9 Å². The number of nitrogens with one attached hydrogen (secondary N) is 1. The van der Waals surface area contributed by atoms with Gasteiger partial charge in [-0.05, 0) is 103 Å². The van der Waals surface area contributed by atoms with Gasteiger partial charge >= 0.3 is 5.97 Å². The molecular weight excluding hydrogens is 602 g/mol. The van der Waals surface area contributed by atoms with Gasteiger partial charge in [-0.15, -0.1) is 0 Å². The first kappa shape index (κ1) is 30.0. The fraction of sp³-hybridized carbons (Fsp3) is 0.455. The number of halogens is 1. The predicted molar refractivity (Wildman–Crippen MR) is 162 cm³/mol. The highest BCUT2D eigenvalue weighted by atomic mass is 79.9. The SMILES string of the molecule is CCOc1cc([C@@H]2C(C(=O)OC3CCCC3)=C(C)NC3=C2C(=O)C[C@H](c2ccc(OC)c(OC)c2)C3)cc(Br)c1OC. The lowest BCUT2D eigenvalue weighted by Crippen LogP contribution is -2.36. The Kier molecular flexibility index (Phi) is 9.16. The van der Waals surface area contributed by atoms with Crippen molar-refractivity contribution in [1.82, 2.24) is 5.32 Å². The standard InChI is InChI=1S/C33H38BrNO7/c1-6-41-28-17-21(13-23(34)32(28)40-5)30-29(33(37)42-22-9-7-8-10-22)18(2)35-24-14-20(15-25(36)31(24)30)19-11-12-26(38-3)27(16-19)39-4/h11-13,16-17,20,22,30,35H,6-10,14-15H2,1-5H3/t20-,30-/m1/s1. The van der Waals surface area contributed by atoms with Crippen molar-refractivity contribution in [2.75, 3.05) is 27.9 Å². The number of carbonyl (C=O) groups excluding carboxylic acids is 2. The van der Waals surface area contributed by atoms with Crippen LogP contribution in [0.5, 0.6) is 23.0 Å². The molecular formula is C33H38BrNO7. The lowest BCUT2D eigenvalue weighted by Gasteiger charge is -2.37. The highest BCUT2D eigenvalue weighted by Gasteiger charge is 2.42. The molecule has 3 aliphatic rings. The number of ketones is 1. The first-order valence-electron chi connectivity index (χ1n) is 14.5. The van der Waals surface area contributed by atoms with E-state index in [2.05, 4.69) is 21.2 Å². The molecule has 0 bridgehead atoms.